The summed E-state index contributed by atoms with van der Waals surface area (Å²) in [7, 11) is 0. The van der Waals surface area contributed by atoms with Crippen LogP contribution in [-0.2, 0) is 19.6 Å². The SMILES string of the molecule is CC1(C2CC(COc3coc(CN4Cc5ccccc5C4)cc3=O)CCN2C(=O)O)CC1. The summed E-state index contributed by atoms with van der Waals surface area (Å²) in [6, 6.07) is 9.93. The molecule has 0 bridgehead atoms. The number of amides is 1. The number of carbonyl (C=O) groups is 1. The lowest BCUT2D eigenvalue weighted by atomic mass is 9.83. The van der Waals surface area contributed by atoms with Gasteiger partial charge in [-0.25, -0.2) is 4.79 Å². The van der Waals surface area contributed by atoms with Crippen molar-refractivity contribution in [1.82, 2.24) is 9.80 Å². The van der Waals surface area contributed by atoms with Gasteiger partial charge in [-0.15, -0.1) is 0 Å². The Hall–Kier alpha value is -2.80. The molecule has 0 radical (unpaired) electrons. The van der Waals surface area contributed by atoms with E-state index in [1.165, 1.54) is 23.5 Å². The fraction of sp³-hybridized carbons (Fsp3) is 0.520. The van der Waals surface area contributed by atoms with Gasteiger partial charge in [-0.3, -0.25) is 9.69 Å². The summed E-state index contributed by atoms with van der Waals surface area (Å²) < 4.78 is 11.6. The number of rotatable bonds is 6. The third kappa shape index (κ3) is 4.26. The van der Waals surface area contributed by atoms with Crippen LogP contribution in [0, 0.1) is 11.3 Å². The predicted molar refractivity (Wildman–Crippen MR) is 118 cm³/mol. The number of carboxylic acid groups (broad SMARTS) is 1. The van der Waals surface area contributed by atoms with Crippen molar-refractivity contribution in [2.45, 2.75) is 58.3 Å². The third-order valence-electron chi connectivity index (χ3n) is 7.41. The number of fused-ring (bicyclic) bond motifs is 1. The van der Waals surface area contributed by atoms with Crippen LogP contribution in [0.2, 0.25) is 0 Å². The second-order valence-electron chi connectivity index (χ2n) is 9.84. The maximum Gasteiger partial charge on any atom is 0.407 e. The van der Waals surface area contributed by atoms with Gasteiger partial charge >= 0.3 is 6.09 Å². The highest BCUT2D eigenvalue weighted by Gasteiger charge is 2.50. The summed E-state index contributed by atoms with van der Waals surface area (Å²) in [6.45, 7) is 5.39. The Morgan fingerprint density at radius 3 is 2.59 bits per heavy atom. The van der Waals surface area contributed by atoms with Crippen molar-refractivity contribution in [3.05, 3.63) is 63.7 Å². The van der Waals surface area contributed by atoms with Crippen molar-refractivity contribution < 1.29 is 19.1 Å². The molecule has 1 N–H and O–H groups in total. The highest BCUT2D eigenvalue weighted by molar-refractivity contribution is 5.65. The number of ether oxygens (including phenoxy) is 1. The molecule has 7 heteroatoms. The molecule has 32 heavy (non-hydrogen) atoms. The van der Waals surface area contributed by atoms with Gasteiger partial charge in [-0.2, -0.15) is 0 Å². The molecule has 1 aromatic carbocycles. The van der Waals surface area contributed by atoms with Gasteiger partial charge in [0.2, 0.25) is 11.2 Å². The third-order valence-corrected chi connectivity index (χ3v) is 7.41. The zero-order valence-corrected chi connectivity index (χ0v) is 18.5. The summed E-state index contributed by atoms with van der Waals surface area (Å²) in [5, 5.41) is 9.55. The van der Waals surface area contributed by atoms with E-state index in [4.69, 9.17) is 9.15 Å². The van der Waals surface area contributed by atoms with Crippen molar-refractivity contribution in [2.75, 3.05) is 13.2 Å². The van der Waals surface area contributed by atoms with E-state index in [1.54, 1.807) is 4.90 Å². The number of benzene rings is 1. The van der Waals surface area contributed by atoms with Crippen LogP contribution in [0.3, 0.4) is 0 Å². The van der Waals surface area contributed by atoms with Gasteiger partial charge in [0.1, 0.15) is 12.0 Å². The summed E-state index contributed by atoms with van der Waals surface area (Å²) in [6.07, 6.45) is 4.26. The molecule has 2 aromatic rings. The molecule has 1 aliphatic carbocycles. The Bertz CT molecular complexity index is 1040. The fourth-order valence-electron chi connectivity index (χ4n) is 5.18. The molecule has 170 valence electrons. The predicted octanol–water partition coefficient (Wildman–Crippen LogP) is 4.09. The van der Waals surface area contributed by atoms with Crippen molar-refractivity contribution >= 4 is 6.09 Å². The number of likely N-dealkylation sites (tertiary alicyclic amines) is 1. The van der Waals surface area contributed by atoms with Crippen LogP contribution in [-0.4, -0.2) is 40.2 Å². The Morgan fingerprint density at radius 1 is 1.25 bits per heavy atom. The molecule has 1 saturated heterocycles. The molecule has 2 unspecified atom stereocenters. The zero-order valence-electron chi connectivity index (χ0n) is 18.5. The van der Waals surface area contributed by atoms with E-state index in [0.717, 1.165) is 38.8 Å². The lowest BCUT2D eigenvalue weighted by Gasteiger charge is -2.41. The van der Waals surface area contributed by atoms with E-state index in [0.29, 0.717) is 25.5 Å². The summed E-state index contributed by atoms with van der Waals surface area (Å²) in [5.41, 5.74) is 2.56. The molecule has 3 aliphatic rings. The average Bonchev–Trinajstić information content (AvgIpc) is 3.39. The molecule has 1 amide bonds. The van der Waals surface area contributed by atoms with Crippen molar-refractivity contribution in [3.8, 4) is 5.75 Å². The van der Waals surface area contributed by atoms with Crippen molar-refractivity contribution in [1.29, 1.82) is 0 Å². The van der Waals surface area contributed by atoms with Crippen LogP contribution < -0.4 is 10.2 Å². The Morgan fingerprint density at radius 2 is 1.97 bits per heavy atom. The first-order valence-corrected chi connectivity index (χ1v) is 11.4. The average molecular weight is 439 g/mol. The van der Waals surface area contributed by atoms with Gasteiger partial charge in [0.15, 0.2) is 0 Å². The van der Waals surface area contributed by atoms with Crippen LogP contribution in [0.1, 0.15) is 49.5 Å². The first kappa shape index (κ1) is 21.1. The zero-order chi connectivity index (χ0) is 22.3. The van der Waals surface area contributed by atoms with Crippen LogP contribution in [0.4, 0.5) is 4.79 Å². The summed E-state index contributed by atoms with van der Waals surface area (Å²) in [5.74, 6) is 1.09. The normalized spacial score (nSPS) is 24.2. The molecule has 1 saturated carbocycles. The molecule has 0 spiro atoms. The second-order valence-corrected chi connectivity index (χ2v) is 9.84. The Kier molecular flexibility index (Phi) is 5.45. The topological polar surface area (TPSA) is 83.2 Å². The van der Waals surface area contributed by atoms with Gasteiger partial charge < -0.3 is 19.2 Å². The largest absolute Gasteiger partial charge is 0.486 e. The molecule has 1 aromatic heterocycles. The van der Waals surface area contributed by atoms with E-state index in [2.05, 4.69) is 24.0 Å². The first-order valence-electron chi connectivity index (χ1n) is 11.4. The summed E-state index contributed by atoms with van der Waals surface area (Å²) in [4.78, 5) is 28.1. The van der Waals surface area contributed by atoms with E-state index < -0.39 is 6.09 Å². The Labute approximate surface area is 187 Å². The minimum Gasteiger partial charge on any atom is -0.486 e. The molecular weight excluding hydrogens is 408 g/mol. The number of piperidine rings is 1. The molecular formula is C25H30N2O5. The van der Waals surface area contributed by atoms with Gasteiger partial charge in [-0.1, -0.05) is 31.2 Å². The number of hydrogen-bond donors (Lipinski definition) is 1. The van der Waals surface area contributed by atoms with Gasteiger partial charge in [-0.05, 0) is 48.1 Å². The fourth-order valence-corrected chi connectivity index (χ4v) is 5.18. The highest BCUT2D eigenvalue weighted by Crippen LogP contribution is 2.53. The first-order chi connectivity index (χ1) is 15.4. The van der Waals surface area contributed by atoms with Gasteiger partial charge in [0.05, 0.1) is 13.2 Å². The minimum atomic E-state index is -0.833. The van der Waals surface area contributed by atoms with Crippen LogP contribution in [0.25, 0.3) is 0 Å². The maximum atomic E-state index is 12.6. The van der Waals surface area contributed by atoms with E-state index in [1.807, 2.05) is 12.1 Å². The quantitative estimate of drug-likeness (QED) is 0.731. The second kappa shape index (κ2) is 8.28. The molecule has 5 rings (SSSR count). The van der Waals surface area contributed by atoms with E-state index in [9.17, 15) is 14.7 Å². The standard InChI is InChI=1S/C25H30N2O5/c1-25(7-8-25)23-10-17(6-9-27(23)24(29)30)15-32-22-16-31-20(11-21(22)28)14-26-12-18-4-2-3-5-19(18)13-26/h2-5,11,16-17,23H,6-10,12-15H2,1H3,(H,29,30). The van der Waals surface area contributed by atoms with Crippen molar-refractivity contribution in [3.63, 3.8) is 0 Å². The maximum absolute atomic E-state index is 12.6. The Balaban J connectivity index is 1.17. The van der Waals surface area contributed by atoms with Crippen molar-refractivity contribution in [2.24, 2.45) is 11.3 Å². The summed E-state index contributed by atoms with van der Waals surface area (Å²) >= 11 is 0. The van der Waals surface area contributed by atoms with E-state index >= 15 is 0 Å². The van der Waals surface area contributed by atoms with Gasteiger partial charge in [0.25, 0.3) is 0 Å². The molecule has 3 heterocycles. The van der Waals surface area contributed by atoms with Gasteiger partial charge in [0, 0.05) is 31.7 Å². The molecule has 2 atom stereocenters. The minimum absolute atomic E-state index is 0.0331. The molecule has 2 fully saturated rings. The van der Waals surface area contributed by atoms with E-state index in [-0.39, 0.29) is 28.6 Å². The molecule has 7 nitrogen and oxygen atoms in total. The van der Waals surface area contributed by atoms with Crippen LogP contribution in [0.5, 0.6) is 5.75 Å². The number of nitrogens with zero attached hydrogens (tertiary/aromatic N) is 2. The lowest BCUT2D eigenvalue weighted by Crippen LogP contribution is -2.50. The lowest BCUT2D eigenvalue weighted by molar-refractivity contribution is 0.0485. The smallest absolute Gasteiger partial charge is 0.407 e. The number of hydrogen-bond acceptors (Lipinski definition) is 5. The highest BCUT2D eigenvalue weighted by atomic mass is 16.5. The molecule has 2 aliphatic heterocycles. The van der Waals surface area contributed by atoms with Crippen LogP contribution in [0.15, 0.2) is 45.8 Å². The van der Waals surface area contributed by atoms with Crippen LogP contribution >= 0.6 is 0 Å². The monoisotopic (exact) mass is 438 g/mol.